The Balaban J connectivity index is 3.36. The first kappa shape index (κ1) is 17.4. The summed E-state index contributed by atoms with van der Waals surface area (Å²) < 4.78 is 74.7. The van der Waals surface area contributed by atoms with Gasteiger partial charge in [0.25, 0.3) is 0 Å². The van der Waals surface area contributed by atoms with Crippen molar-refractivity contribution in [3.63, 3.8) is 0 Å². The van der Waals surface area contributed by atoms with Crippen LogP contribution in [0.3, 0.4) is 0 Å². The Morgan fingerprint density at radius 1 is 1.15 bits per heavy atom. The van der Waals surface area contributed by atoms with Crippen LogP contribution >= 0.6 is 11.9 Å². The van der Waals surface area contributed by atoms with Crippen LogP contribution in [0.5, 0.6) is 0 Å². The molecule has 1 rings (SSSR count). The number of carbonyl (C=O) groups excluding carboxylic acids is 1. The third kappa shape index (κ3) is 2.72. The fraction of sp³-hybridized carbons (Fsp3) is 0.900. The van der Waals surface area contributed by atoms with Crippen molar-refractivity contribution in [1.82, 2.24) is 4.31 Å². The minimum atomic E-state index is -5.54. The van der Waals surface area contributed by atoms with Crippen molar-refractivity contribution in [2.45, 2.75) is 55.9 Å². The van der Waals surface area contributed by atoms with Gasteiger partial charge in [-0.05, 0) is 20.8 Å². The second-order valence-corrected chi connectivity index (χ2v) is 6.81. The minimum absolute atomic E-state index is 0.402. The summed E-state index contributed by atoms with van der Waals surface area (Å²) in [6, 6.07) is -1.64. The van der Waals surface area contributed by atoms with E-state index in [1.165, 1.54) is 20.8 Å². The van der Waals surface area contributed by atoms with Crippen LogP contribution in [-0.4, -0.2) is 38.9 Å². The second-order valence-electron chi connectivity index (χ2n) is 5.53. The number of primary amides is 1. The molecular weight excluding hydrogens is 310 g/mol. The maximum atomic E-state index is 13.0. The standard InChI is InChI=1S/C10H14F6N2OS/c1-7(2,3)18-5(6(17)19)4-8(20-18,9(11,12)13)10(14,15)16/h5H,4H2,1-3H3,(H2,17,19). The first-order valence-corrected chi connectivity index (χ1v) is 6.32. The quantitative estimate of drug-likeness (QED) is 0.596. The van der Waals surface area contributed by atoms with Crippen LogP contribution in [0.2, 0.25) is 0 Å². The molecule has 20 heavy (non-hydrogen) atoms. The molecule has 0 spiro atoms. The van der Waals surface area contributed by atoms with Gasteiger partial charge in [-0.25, -0.2) is 4.31 Å². The van der Waals surface area contributed by atoms with Gasteiger partial charge < -0.3 is 5.73 Å². The van der Waals surface area contributed by atoms with Gasteiger partial charge >= 0.3 is 12.4 Å². The Labute approximate surface area is 116 Å². The van der Waals surface area contributed by atoms with Crippen LogP contribution in [0, 0.1) is 0 Å². The molecule has 1 fully saturated rings. The summed E-state index contributed by atoms with van der Waals surface area (Å²) in [7, 11) is 0. The van der Waals surface area contributed by atoms with E-state index in [9.17, 15) is 31.1 Å². The topological polar surface area (TPSA) is 46.3 Å². The van der Waals surface area contributed by atoms with E-state index in [1.807, 2.05) is 0 Å². The van der Waals surface area contributed by atoms with E-state index < -0.39 is 53.0 Å². The number of amides is 1. The number of rotatable bonds is 1. The van der Waals surface area contributed by atoms with Gasteiger partial charge in [-0.1, -0.05) is 11.9 Å². The highest BCUT2D eigenvalue weighted by Gasteiger charge is 2.76. The van der Waals surface area contributed by atoms with Crippen molar-refractivity contribution in [3.05, 3.63) is 0 Å². The molecule has 0 aromatic rings. The van der Waals surface area contributed by atoms with E-state index in [0.29, 0.717) is 0 Å². The molecule has 0 saturated carbocycles. The predicted molar refractivity (Wildman–Crippen MR) is 61.6 cm³/mol. The van der Waals surface area contributed by atoms with E-state index in [-0.39, 0.29) is 0 Å². The number of hydrogen-bond acceptors (Lipinski definition) is 3. The van der Waals surface area contributed by atoms with Gasteiger partial charge in [0.2, 0.25) is 10.7 Å². The van der Waals surface area contributed by atoms with Crippen LogP contribution in [0.25, 0.3) is 0 Å². The molecule has 2 N–H and O–H groups in total. The third-order valence-corrected chi connectivity index (χ3v) is 4.86. The molecule has 0 aromatic heterocycles. The predicted octanol–water partition coefficient (Wildman–Crippen LogP) is 2.86. The Morgan fingerprint density at radius 3 is 1.75 bits per heavy atom. The zero-order chi connectivity index (χ0) is 16.1. The average Bonchev–Trinajstić information content (AvgIpc) is 2.55. The van der Waals surface area contributed by atoms with Gasteiger partial charge in [0, 0.05) is 12.0 Å². The van der Waals surface area contributed by atoms with Gasteiger partial charge in [-0.15, -0.1) is 0 Å². The van der Waals surface area contributed by atoms with Crippen molar-refractivity contribution in [2.24, 2.45) is 5.73 Å². The summed E-state index contributed by atoms with van der Waals surface area (Å²) in [5.41, 5.74) is 3.88. The molecule has 10 heteroatoms. The number of carbonyl (C=O) groups is 1. The lowest BCUT2D eigenvalue weighted by atomic mass is 9.95. The van der Waals surface area contributed by atoms with Gasteiger partial charge in [0.05, 0.1) is 0 Å². The SMILES string of the molecule is CC(C)(C)N1SC(C(F)(F)F)(C(F)(F)F)CC1C(N)=O. The zero-order valence-corrected chi connectivity index (χ0v) is 11.7. The number of halogens is 6. The third-order valence-electron chi connectivity index (χ3n) is 2.92. The van der Waals surface area contributed by atoms with Crippen LogP contribution in [0.4, 0.5) is 26.3 Å². The highest BCUT2D eigenvalue weighted by molar-refractivity contribution is 7.98. The molecule has 1 amide bonds. The first-order valence-electron chi connectivity index (χ1n) is 5.55. The lowest BCUT2D eigenvalue weighted by Gasteiger charge is -2.36. The lowest BCUT2D eigenvalue weighted by Crippen LogP contribution is -2.53. The fourth-order valence-electron chi connectivity index (χ4n) is 1.94. The van der Waals surface area contributed by atoms with Crippen molar-refractivity contribution >= 4 is 17.9 Å². The summed E-state index contributed by atoms with van der Waals surface area (Å²) in [6.45, 7) is 4.25. The van der Waals surface area contributed by atoms with E-state index in [1.54, 1.807) is 0 Å². The number of alkyl halides is 6. The molecule has 118 valence electrons. The molecule has 0 radical (unpaired) electrons. The summed E-state index contributed by atoms with van der Waals surface area (Å²) in [6.07, 6.45) is -12.5. The van der Waals surface area contributed by atoms with Crippen LogP contribution in [0.1, 0.15) is 27.2 Å². The number of hydrogen-bond donors (Lipinski definition) is 1. The van der Waals surface area contributed by atoms with Crippen molar-refractivity contribution in [2.75, 3.05) is 0 Å². The van der Waals surface area contributed by atoms with Crippen molar-refractivity contribution < 1.29 is 31.1 Å². The Morgan fingerprint density at radius 2 is 1.55 bits per heavy atom. The molecule has 1 aliphatic rings. The maximum Gasteiger partial charge on any atom is 0.413 e. The van der Waals surface area contributed by atoms with E-state index in [4.69, 9.17) is 5.73 Å². The molecule has 1 aliphatic heterocycles. The Kier molecular flexibility index (Phi) is 4.08. The van der Waals surface area contributed by atoms with E-state index in [2.05, 4.69) is 0 Å². The molecule has 0 aliphatic carbocycles. The highest BCUT2D eigenvalue weighted by atomic mass is 32.2. The first-order chi connectivity index (χ1) is 8.63. The number of nitrogens with two attached hydrogens (primary N) is 1. The summed E-state index contributed by atoms with van der Waals surface area (Å²) in [5, 5.41) is 0. The largest absolute Gasteiger partial charge is 0.413 e. The monoisotopic (exact) mass is 324 g/mol. The van der Waals surface area contributed by atoms with Gasteiger partial charge in [0.1, 0.15) is 6.04 Å². The van der Waals surface area contributed by atoms with Crippen LogP contribution in [0.15, 0.2) is 0 Å². The fourth-order valence-corrected chi connectivity index (χ4v) is 3.29. The molecule has 1 unspecified atom stereocenters. The normalized spacial score (nSPS) is 24.9. The van der Waals surface area contributed by atoms with Crippen LogP contribution in [-0.2, 0) is 4.79 Å². The zero-order valence-electron chi connectivity index (χ0n) is 10.9. The second kappa shape index (κ2) is 4.69. The Hall–Kier alpha value is -0.640. The lowest BCUT2D eigenvalue weighted by molar-refractivity contribution is -0.264. The summed E-state index contributed by atoms with van der Waals surface area (Å²) in [4.78, 5) is 11.2. The van der Waals surface area contributed by atoms with Crippen molar-refractivity contribution in [1.29, 1.82) is 0 Å². The molecule has 0 aromatic carbocycles. The molecule has 0 bridgehead atoms. The van der Waals surface area contributed by atoms with E-state index in [0.717, 1.165) is 4.31 Å². The van der Waals surface area contributed by atoms with Crippen molar-refractivity contribution in [3.8, 4) is 0 Å². The minimum Gasteiger partial charge on any atom is -0.368 e. The number of nitrogens with zero attached hydrogens (tertiary/aromatic N) is 1. The average molecular weight is 324 g/mol. The molecule has 1 atom stereocenters. The molecule has 1 saturated heterocycles. The molecular formula is C10H14F6N2OS. The molecule has 1 heterocycles. The summed E-state index contributed by atoms with van der Waals surface area (Å²) >= 11 is -0.402. The van der Waals surface area contributed by atoms with E-state index >= 15 is 0 Å². The van der Waals surface area contributed by atoms with Crippen LogP contribution < -0.4 is 5.73 Å². The Bertz CT molecular complexity index is 386. The smallest absolute Gasteiger partial charge is 0.368 e. The van der Waals surface area contributed by atoms with Gasteiger partial charge in [-0.3, -0.25) is 4.79 Å². The van der Waals surface area contributed by atoms with Gasteiger partial charge in [-0.2, -0.15) is 26.3 Å². The maximum absolute atomic E-state index is 13.0. The van der Waals surface area contributed by atoms with Gasteiger partial charge in [0.15, 0.2) is 0 Å². The highest BCUT2D eigenvalue weighted by Crippen LogP contribution is 2.61. The summed E-state index contributed by atoms with van der Waals surface area (Å²) in [5.74, 6) is -1.21. The molecule has 3 nitrogen and oxygen atoms in total.